The lowest BCUT2D eigenvalue weighted by atomic mass is 9.91. The van der Waals surface area contributed by atoms with Crippen LogP contribution in [0.1, 0.15) is 58.5 Å². The quantitative estimate of drug-likeness (QED) is 0.620. The molecule has 0 amide bonds. The maximum atomic E-state index is 12.9. The van der Waals surface area contributed by atoms with Gasteiger partial charge in [-0.3, -0.25) is 14.4 Å². The molecule has 133 valence electrons. The van der Waals surface area contributed by atoms with E-state index in [2.05, 4.69) is 0 Å². The number of carbonyl (C=O) groups is 3. The first-order valence-corrected chi connectivity index (χ1v) is 8.30. The van der Waals surface area contributed by atoms with Crippen LogP contribution in [0.5, 0.6) is 11.5 Å². The number of fused-ring (bicyclic) bond motifs is 1. The van der Waals surface area contributed by atoms with Crippen LogP contribution < -0.4 is 9.47 Å². The van der Waals surface area contributed by atoms with Gasteiger partial charge in [0.2, 0.25) is 0 Å². The highest BCUT2D eigenvalue weighted by molar-refractivity contribution is 6.39. The van der Waals surface area contributed by atoms with Crippen molar-refractivity contribution in [2.45, 2.75) is 26.7 Å². The first-order chi connectivity index (χ1) is 12.3. The molecule has 0 aromatic heterocycles. The fraction of sp³-hybridized carbons (Fsp3) is 0.238. The lowest BCUT2D eigenvalue weighted by Gasteiger charge is -2.15. The molecule has 1 radical (unpaired) electrons. The Morgan fingerprint density at radius 1 is 0.923 bits per heavy atom. The molecule has 0 unspecified atom stereocenters. The molecule has 5 heteroatoms. The van der Waals surface area contributed by atoms with Crippen LogP contribution in [0.2, 0.25) is 0 Å². The van der Waals surface area contributed by atoms with E-state index in [1.54, 1.807) is 30.3 Å². The van der Waals surface area contributed by atoms with E-state index in [0.717, 1.165) is 5.56 Å². The van der Waals surface area contributed by atoms with Crippen molar-refractivity contribution in [2.75, 3.05) is 7.11 Å². The first kappa shape index (κ1) is 17.9. The van der Waals surface area contributed by atoms with E-state index in [1.165, 1.54) is 14.0 Å². The van der Waals surface area contributed by atoms with Crippen molar-refractivity contribution < 1.29 is 23.9 Å². The van der Waals surface area contributed by atoms with Gasteiger partial charge < -0.3 is 9.47 Å². The van der Waals surface area contributed by atoms with E-state index in [9.17, 15) is 14.4 Å². The summed E-state index contributed by atoms with van der Waals surface area (Å²) in [5.41, 5.74) is 1.90. The van der Waals surface area contributed by atoms with Crippen LogP contribution in [0.25, 0.3) is 0 Å². The maximum Gasteiger partial charge on any atom is 0.308 e. The number of carbonyl (C=O) groups excluding carboxylic acids is 3. The summed E-state index contributed by atoms with van der Waals surface area (Å²) in [5, 5.41) is 0. The molecule has 3 rings (SSSR count). The molecule has 0 N–H and O–H groups in total. The Hall–Kier alpha value is -2.95. The summed E-state index contributed by atoms with van der Waals surface area (Å²) in [6, 6.07) is 9.98. The highest BCUT2D eigenvalue weighted by atomic mass is 16.5. The van der Waals surface area contributed by atoms with Gasteiger partial charge in [0, 0.05) is 23.6 Å². The highest BCUT2D eigenvalue weighted by Gasteiger charge is 2.42. The van der Waals surface area contributed by atoms with Crippen molar-refractivity contribution in [1.82, 2.24) is 0 Å². The molecule has 0 spiro atoms. The van der Waals surface area contributed by atoms with Gasteiger partial charge in [-0.25, -0.2) is 0 Å². The average Bonchev–Trinajstić information content (AvgIpc) is 2.85. The zero-order chi connectivity index (χ0) is 19.0. The number of Topliss-reactive ketones (excluding diaryl/α,β-unsaturated/α-hetero) is 2. The Balaban J connectivity index is 2.10. The summed E-state index contributed by atoms with van der Waals surface area (Å²) in [4.78, 5) is 37.2. The van der Waals surface area contributed by atoms with Gasteiger partial charge in [0.1, 0.15) is 17.4 Å². The Labute approximate surface area is 151 Å². The Morgan fingerprint density at radius 3 is 2.19 bits per heavy atom. The third kappa shape index (κ3) is 3.01. The van der Waals surface area contributed by atoms with Crippen LogP contribution in [0.15, 0.2) is 36.4 Å². The molecule has 0 atom stereocenters. The molecule has 1 aliphatic rings. The molecule has 2 aromatic carbocycles. The zero-order valence-corrected chi connectivity index (χ0v) is 15.1. The van der Waals surface area contributed by atoms with E-state index in [-0.39, 0.29) is 23.4 Å². The Morgan fingerprint density at radius 2 is 1.58 bits per heavy atom. The van der Waals surface area contributed by atoms with Gasteiger partial charge in [-0.2, -0.15) is 0 Å². The fourth-order valence-electron chi connectivity index (χ4n) is 3.00. The van der Waals surface area contributed by atoms with Gasteiger partial charge in [-0.1, -0.05) is 26.0 Å². The minimum Gasteiger partial charge on any atom is -0.497 e. The lowest BCUT2D eigenvalue weighted by Crippen LogP contribution is -2.16. The van der Waals surface area contributed by atoms with Gasteiger partial charge in [0.05, 0.1) is 7.11 Å². The van der Waals surface area contributed by atoms with Crippen molar-refractivity contribution in [3.05, 3.63) is 64.6 Å². The molecule has 0 fully saturated rings. The van der Waals surface area contributed by atoms with Crippen molar-refractivity contribution in [2.24, 2.45) is 0 Å². The van der Waals surface area contributed by atoms with Crippen molar-refractivity contribution >= 4 is 17.5 Å². The van der Waals surface area contributed by atoms with Crippen LogP contribution >= 0.6 is 0 Å². The van der Waals surface area contributed by atoms with Crippen LogP contribution in [-0.4, -0.2) is 24.6 Å². The largest absolute Gasteiger partial charge is 0.497 e. The number of methoxy groups -OCH3 is 1. The summed E-state index contributed by atoms with van der Waals surface area (Å²) in [6.07, 6.45) is 0. The minimum atomic E-state index is -0.509. The molecular formula is C21H19O5. The highest BCUT2D eigenvalue weighted by Crippen LogP contribution is 2.39. The van der Waals surface area contributed by atoms with Gasteiger partial charge in [-0.05, 0) is 35.7 Å². The molecule has 0 saturated heterocycles. The monoisotopic (exact) mass is 351 g/mol. The summed E-state index contributed by atoms with van der Waals surface area (Å²) in [5.74, 6) is -0.334. The summed E-state index contributed by atoms with van der Waals surface area (Å²) >= 11 is 0. The van der Waals surface area contributed by atoms with Gasteiger partial charge in [-0.15, -0.1) is 0 Å². The molecule has 0 heterocycles. The third-order valence-electron chi connectivity index (χ3n) is 4.37. The standard InChI is InChI=1S/C21H19O5/c1-11(2)13-5-7-16(18(9-13)26-12(3)22)19-20(23)15-8-6-14(25-4)10-17(15)21(19)24/h5-11H,1-4H3. The molecule has 5 nitrogen and oxygen atoms in total. The first-order valence-electron chi connectivity index (χ1n) is 8.30. The predicted molar refractivity (Wildman–Crippen MR) is 95.8 cm³/mol. The Bertz CT molecular complexity index is 911. The van der Waals surface area contributed by atoms with Gasteiger partial charge in [0.25, 0.3) is 0 Å². The van der Waals surface area contributed by atoms with E-state index in [4.69, 9.17) is 9.47 Å². The lowest BCUT2D eigenvalue weighted by molar-refractivity contribution is -0.131. The fourth-order valence-corrected chi connectivity index (χ4v) is 3.00. The van der Waals surface area contributed by atoms with Crippen molar-refractivity contribution in [3.8, 4) is 11.5 Å². The predicted octanol–water partition coefficient (Wildman–Crippen LogP) is 3.75. The molecule has 26 heavy (non-hydrogen) atoms. The van der Waals surface area contributed by atoms with Crippen molar-refractivity contribution in [3.63, 3.8) is 0 Å². The molecular weight excluding hydrogens is 332 g/mol. The number of hydrogen-bond donors (Lipinski definition) is 0. The zero-order valence-electron chi connectivity index (χ0n) is 15.1. The number of rotatable bonds is 4. The van der Waals surface area contributed by atoms with Crippen molar-refractivity contribution in [1.29, 1.82) is 0 Å². The van der Waals surface area contributed by atoms with E-state index in [0.29, 0.717) is 22.4 Å². The van der Waals surface area contributed by atoms with Crippen LogP contribution in [0.4, 0.5) is 0 Å². The molecule has 0 aliphatic heterocycles. The molecule has 2 aromatic rings. The van der Waals surface area contributed by atoms with Crippen LogP contribution in [0, 0.1) is 5.92 Å². The molecule has 0 bridgehead atoms. The van der Waals surface area contributed by atoms with E-state index in [1.807, 2.05) is 19.9 Å². The molecule has 0 saturated carbocycles. The summed E-state index contributed by atoms with van der Waals surface area (Å²) < 4.78 is 10.4. The van der Waals surface area contributed by atoms with Crippen LogP contribution in [0.3, 0.4) is 0 Å². The van der Waals surface area contributed by atoms with Crippen LogP contribution in [-0.2, 0) is 4.79 Å². The molecule has 1 aliphatic carbocycles. The number of benzene rings is 2. The second kappa shape index (κ2) is 6.75. The van der Waals surface area contributed by atoms with E-state index >= 15 is 0 Å². The van der Waals surface area contributed by atoms with E-state index < -0.39 is 11.8 Å². The minimum absolute atomic E-state index is 0.0137. The summed E-state index contributed by atoms with van der Waals surface area (Å²) in [6.45, 7) is 5.30. The van der Waals surface area contributed by atoms with Gasteiger partial charge >= 0.3 is 5.97 Å². The average molecular weight is 351 g/mol. The number of hydrogen-bond acceptors (Lipinski definition) is 5. The topological polar surface area (TPSA) is 69.7 Å². The summed E-state index contributed by atoms with van der Waals surface area (Å²) in [7, 11) is 1.50. The SMILES string of the molecule is COc1ccc2c(c1)C(=O)[C](c1ccc(C(C)C)cc1OC(C)=O)C2=O. The second-order valence-electron chi connectivity index (χ2n) is 6.45. The Kier molecular flexibility index (Phi) is 4.64. The number of ketones is 2. The van der Waals surface area contributed by atoms with Gasteiger partial charge in [0.15, 0.2) is 11.6 Å². The number of ether oxygens (including phenoxy) is 2. The normalized spacial score (nSPS) is 13.9. The number of esters is 1. The smallest absolute Gasteiger partial charge is 0.308 e. The maximum absolute atomic E-state index is 12.9. The second-order valence-corrected chi connectivity index (χ2v) is 6.45. The third-order valence-corrected chi connectivity index (χ3v) is 4.37.